The molecule has 1 saturated carbocycles. The Hall–Kier alpha value is -5.10. The summed E-state index contributed by atoms with van der Waals surface area (Å²) in [5, 5.41) is 42.7. The number of nitrogens with zero attached hydrogens (tertiary/aromatic N) is 2. The normalized spacial score (nSPS) is 15.4. The van der Waals surface area contributed by atoms with Crippen LogP contribution in [0.5, 0.6) is 23.0 Å². The van der Waals surface area contributed by atoms with E-state index in [1.165, 1.54) is 32.1 Å². The summed E-state index contributed by atoms with van der Waals surface area (Å²) in [6, 6.07) is 42.3. The summed E-state index contributed by atoms with van der Waals surface area (Å²) in [5.41, 5.74) is 4.82. The van der Waals surface area contributed by atoms with Crippen molar-refractivity contribution in [3.63, 3.8) is 0 Å². The number of likely N-dealkylation sites (N-methyl/N-ethyl adjacent to an activating group) is 1. The topological polar surface area (TPSA) is 124 Å². The van der Waals surface area contributed by atoms with E-state index in [-0.39, 0.29) is 50.3 Å². The molecule has 356 valence electrons. The lowest BCUT2D eigenvalue weighted by atomic mass is 9.78. The zero-order chi connectivity index (χ0) is 47.1. The highest BCUT2D eigenvalue weighted by Gasteiger charge is 2.26. The minimum absolute atomic E-state index is 0.0789. The van der Waals surface area contributed by atoms with Crippen LogP contribution in [0.3, 0.4) is 0 Å². The van der Waals surface area contributed by atoms with Crippen LogP contribution in [0.2, 0.25) is 0 Å². The number of benzene rings is 5. The molecule has 0 aromatic heterocycles. The molecule has 0 spiro atoms. The Morgan fingerprint density at radius 3 is 1.18 bits per heavy atom. The molecule has 66 heavy (non-hydrogen) atoms. The van der Waals surface area contributed by atoms with Gasteiger partial charge >= 0.3 is 0 Å². The molecule has 0 heterocycles. The maximum absolute atomic E-state index is 11.2. The highest BCUT2D eigenvalue weighted by molar-refractivity contribution is 5.47. The third kappa shape index (κ3) is 14.4. The standard InChI is InChI=1S/C56H74N2O8/c1-7-57(46-14-10-8-11-15-46)34-48(60)38-64-52-28-20-44(21-29-52)56(5,6)45-24-32-54(33-25-45)66-40-50(62)36-58(47-16-12-9-13-17-47)35-49(61)39-65-53-30-22-43(23-31-53)55(3,4)42-18-26-51(27-19-42)63-37-41(2)59/h9,12-13,16-33,41,46,48-50,59-62H,7-8,10-11,14-15,34-40H2,1-6H3. The first-order valence-corrected chi connectivity index (χ1v) is 23.9. The van der Waals surface area contributed by atoms with Crippen LogP contribution in [0.15, 0.2) is 127 Å². The molecule has 10 heteroatoms. The van der Waals surface area contributed by atoms with Crippen molar-refractivity contribution < 1.29 is 39.4 Å². The number of hydrogen-bond acceptors (Lipinski definition) is 10. The van der Waals surface area contributed by atoms with Crippen LogP contribution in [-0.4, -0.2) is 108 Å². The fourth-order valence-electron chi connectivity index (χ4n) is 8.84. The van der Waals surface area contributed by atoms with Crippen LogP contribution in [0.1, 0.15) is 95.9 Å². The molecule has 4 unspecified atom stereocenters. The highest BCUT2D eigenvalue weighted by atomic mass is 16.5. The Labute approximate surface area is 393 Å². The van der Waals surface area contributed by atoms with E-state index < -0.39 is 24.4 Å². The number of anilines is 1. The number of hydrogen-bond donors (Lipinski definition) is 4. The molecule has 1 aliphatic carbocycles. The fraction of sp³-hybridized carbons (Fsp3) is 0.464. The monoisotopic (exact) mass is 903 g/mol. The van der Waals surface area contributed by atoms with Crippen molar-refractivity contribution in [3.8, 4) is 23.0 Å². The summed E-state index contributed by atoms with van der Waals surface area (Å²) in [7, 11) is 0. The van der Waals surface area contributed by atoms with Crippen molar-refractivity contribution in [3.05, 3.63) is 150 Å². The molecule has 6 rings (SSSR count). The van der Waals surface area contributed by atoms with E-state index >= 15 is 0 Å². The Balaban J connectivity index is 0.961. The molecule has 0 radical (unpaired) electrons. The van der Waals surface area contributed by atoms with Crippen LogP contribution in [0.4, 0.5) is 5.69 Å². The van der Waals surface area contributed by atoms with Crippen molar-refractivity contribution in [2.45, 2.75) is 115 Å². The summed E-state index contributed by atoms with van der Waals surface area (Å²) in [6.45, 7) is 15.3. The van der Waals surface area contributed by atoms with Gasteiger partial charge in [-0.3, -0.25) is 4.90 Å². The van der Waals surface area contributed by atoms with Gasteiger partial charge in [0.25, 0.3) is 0 Å². The molecule has 1 fully saturated rings. The van der Waals surface area contributed by atoms with E-state index in [1.54, 1.807) is 6.92 Å². The van der Waals surface area contributed by atoms with Gasteiger partial charge in [0.15, 0.2) is 0 Å². The summed E-state index contributed by atoms with van der Waals surface area (Å²) in [4.78, 5) is 4.37. The first-order valence-electron chi connectivity index (χ1n) is 23.9. The Kier molecular flexibility index (Phi) is 18.4. The Bertz CT molecular complexity index is 2140. The second-order valence-electron chi connectivity index (χ2n) is 19.0. The SMILES string of the molecule is CCN(CC(O)COc1ccc(C(C)(C)c2ccc(OCC(O)CN(CC(O)COc3ccc(C(C)(C)c4ccc(OCC(C)O)cc4)cc3)c3ccccc3)cc2)cc1)C1CCCCC1. The first kappa shape index (κ1) is 50.3. The first-order chi connectivity index (χ1) is 31.7. The lowest BCUT2D eigenvalue weighted by Crippen LogP contribution is -2.43. The van der Waals surface area contributed by atoms with Gasteiger partial charge < -0.3 is 44.3 Å². The predicted octanol–water partition coefficient (Wildman–Crippen LogP) is 9.18. The molecule has 5 aromatic rings. The molecular weight excluding hydrogens is 829 g/mol. The fourth-order valence-corrected chi connectivity index (χ4v) is 8.84. The van der Waals surface area contributed by atoms with Gasteiger partial charge in [-0.1, -0.05) is 121 Å². The highest BCUT2D eigenvalue weighted by Crippen LogP contribution is 2.35. The van der Waals surface area contributed by atoms with E-state index in [0.29, 0.717) is 24.1 Å². The molecular formula is C56H74N2O8. The number of para-hydroxylation sites is 1. The summed E-state index contributed by atoms with van der Waals surface area (Å²) >= 11 is 0. The van der Waals surface area contributed by atoms with Crippen LogP contribution >= 0.6 is 0 Å². The number of rotatable bonds is 25. The van der Waals surface area contributed by atoms with Gasteiger partial charge in [-0.15, -0.1) is 0 Å². The lowest BCUT2D eigenvalue weighted by molar-refractivity contribution is 0.0463. The summed E-state index contributed by atoms with van der Waals surface area (Å²) in [5.74, 6) is 2.78. The summed E-state index contributed by atoms with van der Waals surface area (Å²) in [6.07, 6.45) is 3.59. The van der Waals surface area contributed by atoms with E-state index in [9.17, 15) is 20.4 Å². The van der Waals surface area contributed by atoms with Crippen LogP contribution < -0.4 is 23.8 Å². The van der Waals surface area contributed by atoms with Gasteiger partial charge in [-0.25, -0.2) is 0 Å². The molecule has 0 aliphatic heterocycles. The smallest absolute Gasteiger partial charge is 0.119 e. The minimum Gasteiger partial charge on any atom is -0.491 e. The summed E-state index contributed by atoms with van der Waals surface area (Å²) < 4.78 is 23.8. The van der Waals surface area contributed by atoms with Crippen molar-refractivity contribution in [1.29, 1.82) is 0 Å². The van der Waals surface area contributed by atoms with Crippen LogP contribution in [0.25, 0.3) is 0 Å². The second-order valence-corrected chi connectivity index (χ2v) is 19.0. The quantitative estimate of drug-likeness (QED) is 0.0451. The van der Waals surface area contributed by atoms with Gasteiger partial charge in [0, 0.05) is 42.2 Å². The van der Waals surface area contributed by atoms with E-state index in [0.717, 1.165) is 46.0 Å². The molecule has 4 N–H and O–H groups in total. The molecule has 5 aromatic carbocycles. The van der Waals surface area contributed by atoms with E-state index in [4.69, 9.17) is 18.9 Å². The average molecular weight is 903 g/mol. The minimum atomic E-state index is -0.831. The predicted molar refractivity (Wildman–Crippen MR) is 264 cm³/mol. The van der Waals surface area contributed by atoms with Crippen LogP contribution in [-0.2, 0) is 10.8 Å². The van der Waals surface area contributed by atoms with Crippen LogP contribution in [0, 0.1) is 0 Å². The maximum Gasteiger partial charge on any atom is 0.119 e. The van der Waals surface area contributed by atoms with Crippen molar-refractivity contribution in [1.82, 2.24) is 4.90 Å². The second kappa shape index (κ2) is 24.1. The van der Waals surface area contributed by atoms with E-state index in [1.807, 2.05) is 108 Å². The largest absolute Gasteiger partial charge is 0.491 e. The Morgan fingerprint density at radius 2 is 0.833 bits per heavy atom. The van der Waals surface area contributed by atoms with Gasteiger partial charge in [0.1, 0.15) is 67.7 Å². The lowest BCUT2D eigenvalue weighted by Gasteiger charge is -2.34. The molecule has 0 amide bonds. The van der Waals surface area contributed by atoms with Gasteiger partial charge in [-0.2, -0.15) is 0 Å². The molecule has 10 nitrogen and oxygen atoms in total. The molecule has 1 aliphatic rings. The van der Waals surface area contributed by atoms with Crippen molar-refractivity contribution >= 4 is 5.69 Å². The van der Waals surface area contributed by atoms with Gasteiger partial charge in [-0.05, 0) is 109 Å². The average Bonchev–Trinajstić information content (AvgIpc) is 3.34. The number of aliphatic hydroxyl groups is 4. The number of ether oxygens (including phenoxy) is 4. The van der Waals surface area contributed by atoms with Gasteiger partial charge in [0.05, 0.1) is 6.10 Å². The number of aliphatic hydroxyl groups excluding tert-OH is 4. The molecule has 4 atom stereocenters. The third-order valence-electron chi connectivity index (χ3n) is 13.0. The molecule has 0 saturated heterocycles. The molecule has 0 bridgehead atoms. The van der Waals surface area contributed by atoms with E-state index in [2.05, 4.69) is 63.8 Å². The van der Waals surface area contributed by atoms with Crippen molar-refractivity contribution in [2.75, 3.05) is 57.5 Å². The van der Waals surface area contributed by atoms with Gasteiger partial charge in [0.2, 0.25) is 0 Å². The third-order valence-corrected chi connectivity index (χ3v) is 13.0. The Morgan fingerprint density at radius 1 is 0.485 bits per heavy atom. The maximum atomic E-state index is 11.2. The van der Waals surface area contributed by atoms with Crippen molar-refractivity contribution in [2.24, 2.45) is 0 Å². The zero-order valence-electron chi connectivity index (χ0n) is 40.0. The zero-order valence-corrected chi connectivity index (χ0v) is 40.0.